The van der Waals surface area contributed by atoms with Gasteiger partial charge in [0, 0.05) is 25.4 Å². The van der Waals surface area contributed by atoms with Crippen molar-refractivity contribution in [1.82, 2.24) is 15.0 Å². The van der Waals surface area contributed by atoms with Crippen molar-refractivity contribution in [3.8, 4) is 5.75 Å². The quantitative estimate of drug-likeness (QED) is 0.748. The number of likely N-dealkylation sites (tertiary alicyclic amines) is 1. The smallest absolute Gasteiger partial charge is 0.226 e. The lowest BCUT2D eigenvalue weighted by atomic mass is 9.94. The number of aromatic nitrogens is 2. The predicted molar refractivity (Wildman–Crippen MR) is 101 cm³/mol. The largest absolute Gasteiger partial charge is 0.494 e. The van der Waals surface area contributed by atoms with E-state index in [-0.39, 0.29) is 5.91 Å². The highest BCUT2D eigenvalue weighted by Crippen LogP contribution is 2.38. The summed E-state index contributed by atoms with van der Waals surface area (Å²) in [6.07, 6.45) is 5.70. The number of carbonyl (C=O) groups excluding carboxylic acids is 1. The average molecular weight is 369 g/mol. The van der Waals surface area contributed by atoms with Crippen LogP contribution in [0.15, 0.2) is 28.8 Å². The molecule has 0 bridgehead atoms. The van der Waals surface area contributed by atoms with Crippen molar-refractivity contribution in [3.05, 3.63) is 41.5 Å². The molecule has 6 heteroatoms. The van der Waals surface area contributed by atoms with Crippen molar-refractivity contribution in [2.45, 2.75) is 51.4 Å². The van der Waals surface area contributed by atoms with E-state index in [1.165, 1.54) is 12.8 Å². The zero-order chi connectivity index (χ0) is 18.6. The molecule has 1 saturated carbocycles. The number of carbonyl (C=O) groups is 1. The van der Waals surface area contributed by atoms with Gasteiger partial charge >= 0.3 is 0 Å². The monoisotopic (exact) mass is 369 g/mol. The molecule has 1 atom stereocenters. The third-order valence-electron chi connectivity index (χ3n) is 5.35. The Morgan fingerprint density at radius 3 is 2.81 bits per heavy atom. The molecule has 0 spiro atoms. The molecule has 2 heterocycles. The van der Waals surface area contributed by atoms with Crippen molar-refractivity contribution in [1.29, 1.82) is 0 Å². The molecular formula is C21H27N3O3. The molecule has 0 radical (unpaired) electrons. The third kappa shape index (κ3) is 4.67. The molecule has 144 valence electrons. The summed E-state index contributed by atoms with van der Waals surface area (Å²) >= 11 is 0. The van der Waals surface area contributed by atoms with Gasteiger partial charge in [0.2, 0.25) is 11.8 Å². The lowest BCUT2D eigenvalue weighted by molar-refractivity contribution is -0.132. The predicted octanol–water partition coefficient (Wildman–Crippen LogP) is 3.37. The van der Waals surface area contributed by atoms with Crippen LogP contribution < -0.4 is 4.74 Å². The third-order valence-corrected chi connectivity index (χ3v) is 5.35. The molecule has 1 amide bonds. The van der Waals surface area contributed by atoms with Crippen molar-refractivity contribution in [3.63, 3.8) is 0 Å². The summed E-state index contributed by atoms with van der Waals surface area (Å²) in [5.41, 5.74) is 1.02. The lowest BCUT2D eigenvalue weighted by Crippen LogP contribution is -2.41. The highest BCUT2D eigenvalue weighted by Gasteiger charge is 2.30. The summed E-state index contributed by atoms with van der Waals surface area (Å²) in [5.74, 6) is 3.54. The van der Waals surface area contributed by atoms with Crippen molar-refractivity contribution < 1.29 is 14.1 Å². The fraction of sp³-hybridized carbons (Fsp3) is 0.571. The molecule has 4 rings (SSSR count). The van der Waals surface area contributed by atoms with Gasteiger partial charge in [-0.15, -0.1) is 0 Å². The van der Waals surface area contributed by atoms with Crippen LogP contribution in [-0.4, -0.2) is 40.6 Å². The maximum absolute atomic E-state index is 12.7. The van der Waals surface area contributed by atoms with Gasteiger partial charge in [0.1, 0.15) is 5.75 Å². The van der Waals surface area contributed by atoms with Crippen LogP contribution in [-0.2, 0) is 17.6 Å². The normalized spacial score (nSPS) is 19.9. The van der Waals surface area contributed by atoms with E-state index in [0.717, 1.165) is 55.4 Å². The number of hydrogen-bond acceptors (Lipinski definition) is 5. The fourth-order valence-corrected chi connectivity index (χ4v) is 3.72. The lowest BCUT2D eigenvalue weighted by Gasteiger charge is -2.32. The van der Waals surface area contributed by atoms with E-state index in [4.69, 9.17) is 9.26 Å². The SMILES string of the molecule is CCOc1ccc(CC(=O)N2CCCC(Cc3nc(C4CC4)no3)C2)cc1. The molecule has 1 aromatic carbocycles. The first-order valence-electron chi connectivity index (χ1n) is 10.0. The molecule has 27 heavy (non-hydrogen) atoms. The standard InChI is InChI=1S/C21H27N3O3/c1-2-26-18-9-5-15(6-10-18)13-20(25)24-11-3-4-16(14-24)12-19-22-21(23-27-19)17-7-8-17/h5-6,9-10,16-17H,2-4,7-8,11-14H2,1H3. The maximum Gasteiger partial charge on any atom is 0.226 e. The zero-order valence-corrected chi connectivity index (χ0v) is 15.9. The van der Waals surface area contributed by atoms with Crippen LogP contribution >= 0.6 is 0 Å². The topological polar surface area (TPSA) is 68.5 Å². The van der Waals surface area contributed by atoms with Gasteiger partial charge in [-0.25, -0.2) is 0 Å². The number of nitrogens with zero attached hydrogens (tertiary/aromatic N) is 3. The molecular weight excluding hydrogens is 342 g/mol. The molecule has 1 aliphatic carbocycles. The van der Waals surface area contributed by atoms with E-state index in [0.29, 0.717) is 24.9 Å². The van der Waals surface area contributed by atoms with E-state index in [2.05, 4.69) is 10.1 Å². The van der Waals surface area contributed by atoms with Crippen molar-refractivity contribution >= 4 is 5.91 Å². The molecule has 2 aromatic rings. The van der Waals surface area contributed by atoms with E-state index in [1.54, 1.807) is 0 Å². The summed E-state index contributed by atoms with van der Waals surface area (Å²) in [5, 5.41) is 4.10. The number of hydrogen-bond donors (Lipinski definition) is 0. The molecule has 0 N–H and O–H groups in total. The minimum absolute atomic E-state index is 0.188. The minimum atomic E-state index is 0.188. The Morgan fingerprint density at radius 2 is 2.07 bits per heavy atom. The van der Waals surface area contributed by atoms with Gasteiger partial charge in [-0.2, -0.15) is 4.98 Å². The van der Waals surface area contributed by atoms with Crippen LogP contribution in [0.3, 0.4) is 0 Å². The molecule has 2 fully saturated rings. The van der Waals surface area contributed by atoms with Crippen molar-refractivity contribution in [2.24, 2.45) is 5.92 Å². The second kappa shape index (κ2) is 8.11. The summed E-state index contributed by atoms with van der Waals surface area (Å²) in [6, 6.07) is 7.81. The minimum Gasteiger partial charge on any atom is -0.494 e. The summed E-state index contributed by atoms with van der Waals surface area (Å²) in [7, 11) is 0. The summed E-state index contributed by atoms with van der Waals surface area (Å²) in [6.45, 7) is 4.22. The first-order chi connectivity index (χ1) is 13.2. The Balaban J connectivity index is 1.30. The Hall–Kier alpha value is -2.37. The Labute approximate surface area is 159 Å². The number of rotatable bonds is 7. The van der Waals surface area contributed by atoms with Gasteiger partial charge in [0.25, 0.3) is 0 Å². The Kier molecular flexibility index (Phi) is 5.41. The van der Waals surface area contributed by atoms with E-state index < -0.39 is 0 Å². The zero-order valence-electron chi connectivity index (χ0n) is 15.9. The van der Waals surface area contributed by atoms with Gasteiger partial charge in [-0.3, -0.25) is 4.79 Å². The summed E-state index contributed by atoms with van der Waals surface area (Å²) in [4.78, 5) is 19.2. The van der Waals surface area contributed by atoms with Gasteiger partial charge < -0.3 is 14.2 Å². The highest BCUT2D eigenvalue weighted by molar-refractivity contribution is 5.78. The van der Waals surface area contributed by atoms with E-state index in [9.17, 15) is 4.79 Å². The number of benzene rings is 1. The second-order valence-corrected chi connectivity index (χ2v) is 7.63. The van der Waals surface area contributed by atoms with Gasteiger partial charge in [0.05, 0.1) is 13.0 Å². The van der Waals surface area contributed by atoms with Crippen LogP contribution in [0.4, 0.5) is 0 Å². The van der Waals surface area contributed by atoms with Gasteiger partial charge in [-0.1, -0.05) is 17.3 Å². The number of amides is 1. The van der Waals surface area contributed by atoms with Crippen LogP contribution in [0.25, 0.3) is 0 Å². The number of ether oxygens (including phenoxy) is 1. The molecule has 2 aliphatic rings. The second-order valence-electron chi connectivity index (χ2n) is 7.63. The van der Waals surface area contributed by atoms with Gasteiger partial charge in [-0.05, 0) is 56.2 Å². The van der Waals surface area contributed by atoms with E-state index >= 15 is 0 Å². The van der Waals surface area contributed by atoms with Crippen LogP contribution in [0.1, 0.15) is 55.8 Å². The molecule has 1 unspecified atom stereocenters. The molecule has 1 aromatic heterocycles. The Bertz CT molecular complexity index is 767. The number of piperidine rings is 1. The molecule has 1 aliphatic heterocycles. The molecule has 6 nitrogen and oxygen atoms in total. The highest BCUT2D eigenvalue weighted by atomic mass is 16.5. The van der Waals surface area contributed by atoms with Gasteiger partial charge in [0.15, 0.2) is 5.82 Å². The van der Waals surface area contributed by atoms with Crippen LogP contribution in [0.5, 0.6) is 5.75 Å². The molecule has 1 saturated heterocycles. The first kappa shape index (κ1) is 18.0. The first-order valence-corrected chi connectivity index (χ1v) is 10.0. The van der Waals surface area contributed by atoms with Crippen molar-refractivity contribution in [2.75, 3.05) is 19.7 Å². The Morgan fingerprint density at radius 1 is 1.26 bits per heavy atom. The maximum atomic E-state index is 12.7. The van der Waals surface area contributed by atoms with E-state index in [1.807, 2.05) is 36.1 Å². The van der Waals surface area contributed by atoms with Crippen LogP contribution in [0.2, 0.25) is 0 Å². The summed E-state index contributed by atoms with van der Waals surface area (Å²) < 4.78 is 10.9. The fourth-order valence-electron chi connectivity index (χ4n) is 3.72. The van der Waals surface area contributed by atoms with Crippen LogP contribution in [0, 0.1) is 5.92 Å². The average Bonchev–Trinajstić information content (AvgIpc) is 3.43.